The second kappa shape index (κ2) is 5.79. The van der Waals surface area contributed by atoms with Crippen LogP contribution < -0.4 is 5.32 Å². The summed E-state index contributed by atoms with van der Waals surface area (Å²) < 4.78 is 5.53. The first-order chi connectivity index (χ1) is 9.06. The fourth-order valence-electron chi connectivity index (χ4n) is 2.11. The number of ether oxygens (including phenoxy) is 1. The van der Waals surface area contributed by atoms with Crippen molar-refractivity contribution in [1.29, 1.82) is 0 Å². The molecule has 1 N–H and O–H groups in total. The van der Waals surface area contributed by atoms with Crippen LogP contribution >= 0.6 is 0 Å². The Balaban J connectivity index is 1.97. The molecule has 0 spiro atoms. The highest BCUT2D eigenvalue weighted by molar-refractivity contribution is 6.39. The standard InChI is InChI=1S/C13H17N3O3/c1-9-7-16(8-10(2)19-9)13(18)12(17)15-11-4-3-5-14-6-11/h3-6,9-10H,7-8H2,1-2H3,(H,15,17)/t9-,10-/m0/s1. The van der Waals surface area contributed by atoms with E-state index in [1.165, 1.54) is 11.1 Å². The average molecular weight is 263 g/mol. The van der Waals surface area contributed by atoms with Crippen molar-refractivity contribution in [3.05, 3.63) is 24.5 Å². The molecule has 0 saturated carbocycles. The fourth-order valence-corrected chi connectivity index (χ4v) is 2.11. The van der Waals surface area contributed by atoms with Gasteiger partial charge in [-0.05, 0) is 26.0 Å². The van der Waals surface area contributed by atoms with Crippen molar-refractivity contribution in [2.24, 2.45) is 0 Å². The van der Waals surface area contributed by atoms with Gasteiger partial charge >= 0.3 is 11.8 Å². The third-order valence-electron chi connectivity index (χ3n) is 2.82. The van der Waals surface area contributed by atoms with Gasteiger partial charge in [-0.25, -0.2) is 0 Å². The van der Waals surface area contributed by atoms with Crippen LogP contribution in [-0.4, -0.2) is 47.0 Å². The molecule has 2 heterocycles. The van der Waals surface area contributed by atoms with E-state index in [1.54, 1.807) is 18.3 Å². The zero-order valence-electron chi connectivity index (χ0n) is 11.0. The van der Waals surface area contributed by atoms with E-state index in [4.69, 9.17) is 4.74 Å². The number of aromatic nitrogens is 1. The van der Waals surface area contributed by atoms with Gasteiger partial charge in [-0.1, -0.05) is 0 Å². The van der Waals surface area contributed by atoms with E-state index < -0.39 is 11.8 Å². The zero-order chi connectivity index (χ0) is 13.8. The smallest absolute Gasteiger partial charge is 0.313 e. The lowest BCUT2D eigenvalue weighted by Gasteiger charge is -2.34. The lowest BCUT2D eigenvalue weighted by molar-refractivity contribution is -0.151. The number of carbonyl (C=O) groups is 2. The quantitative estimate of drug-likeness (QED) is 0.755. The van der Waals surface area contributed by atoms with Gasteiger partial charge in [0.25, 0.3) is 0 Å². The van der Waals surface area contributed by atoms with Crippen LogP contribution in [0, 0.1) is 0 Å². The first-order valence-electron chi connectivity index (χ1n) is 6.22. The highest BCUT2D eigenvalue weighted by atomic mass is 16.5. The molecule has 0 aromatic carbocycles. The summed E-state index contributed by atoms with van der Waals surface area (Å²) in [4.78, 5) is 29.3. The van der Waals surface area contributed by atoms with Gasteiger partial charge in [-0.3, -0.25) is 14.6 Å². The molecule has 6 nitrogen and oxygen atoms in total. The summed E-state index contributed by atoms with van der Waals surface area (Å²) >= 11 is 0. The topological polar surface area (TPSA) is 71.5 Å². The minimum atomic E-state index is -0.644. The van der Waals surface area contributed by atoms with Gasteiger partial charge in [-0.2, -0.15) is 0 Å². The maximum Gasteiger partial charge on any atom is 0.313 e. The van der Waals surface area contributed by atoms with Crippen molar-refractivity contribution in [2.45, 2.75) is 26.1 Å². The Morgan fingerprint density at radius 2 is 2.05 bits per heavy atom. The number of hydrogen-bond acceptors (Lipinski definition) is 4. The molecule has 2 rings (SSSR count). The van der Waals surface area contributed by atoms with Crippen molar-refractivity contribution in [3.8, 4) is 0 Å². The van der Waals surface area contributed by atoms with Crippen molar-refractivity contribution in [3.63, 3.8) is 0 Å². The normalized spacial score (nSPS) is 22.9. The second-order valence-electron chi connectivity index (χ2n) is 4.66. The molecular formula is C13H17N3O3. The summed E-state index contributed by atoms with van der Waals surface area (Å²) in [7, 11) is 0. The predicted octanol–water partition coefficient (Wildman–Crippen LogP) is 0.656. The largest absolute Gasteiger partial charge is 0.372 e. The Hall–Kier alpha value is -1.95. The Kier molecular flexibility index (Phi) is 4.11. The monoisotopic (exact) mass is 263 g/mol. The minimum Gasteiger partial charge on any atom is -0.372 e. The Morgan fingerprint density at radius 1 is 1.37 bits per heavy atom. The Labute approximate surface area is 111 Å². The number of hydrogen-bond donors (Lipinski definition) is 1. The molecule has 1 aromatic heterocycles. The van der Waals surface area contributed by atoms with Crippen LogP contribution in [0.3, 0.4) is 0 Å². The van der Waals surface area contributed by atoms with Gasteiger partial charge in [0.2, 0.25) is 0 Å². The van der Waals surface area contributed by atoms with E-state index in [1.807, 2.05) is 13.8 Å². The molecule has 2 atom stereocenters. The molecule has 1 aromatic rings. The van der Waals surface area contributed by atoms with E-state index >= 15 is 0 Å². The van der Waals surface area contributed by atoms with Crippen molar-refractivity contribution in [1.82, 2.24) is 9.88 Å². The molecule has 1 aliphatic rings. The van der Waals surface area contributed by atoms with E-state index in [-0.39, 0.29) is 12.2 Å². The van der Waals surface area contributed by atoms with Gasteiger partial charge < -0.3 is 15.0 Å². The van der Waals surface area contributed by atoms with Gasteiger partial charge in [0, 0.05) is 19.3 Å². The lowest BCUT2D eigenvalue weighted by atomic mass is 10.2. The highest BCUT2D eigenvalue weighted by Gasteiger charge is 2.29. The zero-order valence-corrected chi connectivity index (χ0v) is 11.0. The average Bonchev–Trinajstić information content (AvgIpc) is 2.37. The van der Waals surface area contributed by atoms with E-state index in [2.05, 4.69) is 10.3 Å². The van der Waals surface area contributed by atoms with Gasteiger partial charge in [0.15, 0.2) is 0 Å². The number of carbonyl (C=O) groups excluding carboxylic acids is 2. The Morgan fingerprint density at radius 3 is 2.63 bits per heavy atom. The number of rotatable bonds is 1. The Bertz CT molecular complexity index is 453. The maximum absolute atomic E-state index is 12.0. The molecular weight excluding hydrogens is 246 g/mol. The van der Waals surface area contributed by atoms with Gasteiger partial charge in [-0.15, -0.1) is 0 Å². The molecule has 19 heavy (non-hydrogen) atoms. The SMILES string of the molecule is C[C@H]1CN(C(=O)C(=O)Nc2cccnc2)C[C@H](C)O1. The number of pyridine rings is 1. The third-order valence-corrected chi connectivity index (χ3v) is 2.82. The summed E-state index contributed by atoms with van der Waals surface area (Å²) in [5.41, 5.74) is 0.509. The minimum absolute atomic E-state index is 0.0566. The fraction of sp³-hybridized carbons (Fsp3) is 0.462. The van der Waals surface area contributed by atoms with Gasteiger partial charge in [0.1, 0.15) is 0 Å². The molecule has 0 radical (unpaired) electrons. The number of nitrogens with zero attached hydrogens (tertiary/aromatic N) is 2. The molecule has 1 aliphatic heterocycles. The van der Waals surface area contributed by atoms with Crippen molar-refractivity contribution in [2.75, 3.05) is 18.4 Å². The summed E-state index contributed by atoms with van der Waals surface area (Å²) in [5.74, 6) is -1.18. The summed E-state index contributed by atoms with van der Waals surface area (Å²) in [6.07, 6.45) is 2.98. The van der Waals surface area contributed by atoms with Crippen LogP contribution in [0.25, 0.3) is 0 Å². The maximum atomic E-state index is 12.0. The highest BCUT2D eigenvalue weighted by Crippen LogP contribution is 2.11. The van der Waals surface area contributed by atoms with Crippen LogP contribution in [-0.2, 0) is 14.3 Å². The van der Waals surface area contributed by atoms with Crippen LogP contribution in [0.15, 0.2) is 24.5 Å². The number of anilines is 1. The molecule has 2 amide bonds. The first kappa shape index (κ1) is 13.5. The van der Waals surface area contributed by atoms with Crippen LogP contribution in [0.1, 0.15) is 13.8 Å². The van der Waals surface area contributed by atoms with Crippen LogP contribution in [0.4, 0.5) is 5.69 Å². The van der Waals surface area contributed by atoms with E-state index in [0.29, 0.717) is 18.8 Å². The summed E-state index contributed by atoms with van der Waals surface area (Å²) in [6, 6.07) is 3.38. The molecule has 0 aliphatic carbocycles. The number of morpholine rings is 1. The third kappa shape index (κ3) is 3.51. The summed E-state index contributed by atoms with van der Waals surface area (Å²) in [5, 5.41) is 2.54. The molecule has 1 saturated heterocycles. The summed E-state index contributed by atoms with van der Waals surface area (Å²) in [6.45, 7) is 4.64. The number of nitrogens with one attached hydrogen (secondary N) is 1. The molecule has 6 heteroatoms. The van der Waals surface area contributed by atoms with E-state index in [0.717, 1.165) is 0 Å². The van der Waals surface area contributed by atoms with Gasteiger partial charge in [0.05, 0.1) is 24.1 Å². The van der Waals surface area contributed by atoms with E-state index in [9.17, 15) is 9.59 Å². The first-order valence-corrected chi connectivity index (χ1v) is 6.22. The van der Waals surface area contributed by atoms with Crippen molar-refractivity contribution < 1.29 is 14.3 Å². The molecule has 0 bridgehead atoms. The number of amides is 2. The molecule has 1 fully saturated rings. The second-order valence-corrected chi connectivity index (χ2v) is 4.66. The molecule has 0 unspecified atom stereocenters. The van der Waals surface area contributed by atoms with Crippen molar-refractivity contribution >= 4 is 17.5 Å². The van der Waals surface area contributed by atoms with Crippen LogP contribution in [0.2, 0.25) is 0 Å². The molecule has 102 valence electrons. The predicted molar refractivity (Wildman–Crippen MR) is 69.5 cm³/mol. The lowest BCUT2D eigenvalue weighted by Crippen LogP contribution is -2.51. The van der Waals surface area contributed by atoms with Crippen LogP contribution in [0.5, 0.6) is 0 Å².